The Morgan fingerprint density at radius 2 is 1.55 bits per heavy atom. The van der Waals surface area contributed by atoms with E-state index in [-0.39, 0.29) is 6.10 Å². The van der Waals surface area contributed by atoms with Crippen molar-refractivity contribution in [3.8, 4) is 0 Å². The summed E-state index contributed by atoms with van der Waals surface area (Å²) < 4.78 is 16.2. The smallest absolute Gasteiger partial charge is 0.150 e. The molecule has 3 heterocycles. The van der Waals surface area contributed by atoms with Crippen LogP contribution in [0.25, 0.3) is 5.57 Å². The molecule has 3 atom stereocenters. The number of hydrogen-bond acceptors (Lipinski definition) is 4. The van der Waals surface area contributed by atoms with Crippen LogP contribution in [0.5, 0.6) is 0 Å². The lowest BCUT2D eigenvalue weighted by atomic mass is 9.86. The van der Waals surface area contributed by atoms with Crippen molar-refractivity contribution in [3.05, 3.63) is 41.0 Å². The van der Waals surface area contributed by atoms with Crippen molar-refractivity contribution in [1.82, 2.24) is 0 Å². The average Bonchev–Trinajstić information content (AvgIpc) is 3.35. The lowest BCUT2D eigenvalue weighted by Gasteiger charge is -2.18. The van der Waals surface area contributed by atoms with Gasteiger partial charge in [0.25, 0.3) is 0 Å². The SMILES string of the molecule is C=C(C=O)c1ccc(CC2CO2)c(CC2CO2)c1CC1CO1. The number of rotatable bonds is 8. The van der Waals surface area contributed by atoms with Crippen molar-refractivity contribution in [2.45, 2.75) is 37.6 Å². The molecule has 0 aromatic heterocycles. The molecule has 0 saturated carbocycles. The highest BCUT2D eigenvalue weighted by Gasteiger charge is 2.32. The summed E-state index contributed by atoms with van der Waals surface area (Å²) in [7, 11) is 0. The van der Waals surface area contributed by atoms with Gasteiger partial charge in [0.1, 0.15) is 6.29 Å². The zero-order chi connectivity index (χ0) is 15.1. The molecule has 3 aliphatic heterocycles. The van der Waals surface area contributed by atoms with Crippen molar-refractivity contribution < 1.29 is 19.0 Å². The number of benzene rings is 1. The molecule has 3 unspecified atom stereocenters. The van der Waals surface area contributed by atoms with Crippen LogP contribution in [0.1, 0.15) is 22.3 Å². The highest BCUT2D eigenvalue weighted by Crippen LogP contribution is 2.33. The topological polar surface area (TPSA) is 54.7 Å². The van der Waals surface area contributed by atoms with E-state index in [9.17, 15) is 4.79 Å². The Balaban J connectivity index is 1.74. The van der Waals surface area contributed by atoms with Crippen LogP contribution in [0.15, 0.2) is 18.7 Å². The molecule has 0 bridgehead atoms. The van der Waals surface area contributed by atoms with Gasteiger partial charge in [-0.05, 0) is 22.3 Å². The van der Waals surface area contributed by atoms with Crippen LogP contribution >= 0.6 is 0 Å². The summed E-state index contributed by atoms with van der Waals surface area (Å²) in [5.74, 6) is 0. The Bertz CT molecular complexity index is 610. The van der Waals surface area contributed by atoms with Crippen LogP contribution < -0.4 is 0 Å². The maximum atomic E-state index is 11.2. The third-order valence-electron chi connectivity index (χ3n) is 4.53. The van der Waals surface area contributed by atoms with E-state index in [1.807, 2.05) is 6.07 Å². The Hall–Kier alpha value is -1.49. The van der Waals surface area contributed by atoms with Crippen LogP contribution in [0.3, 0.4) is 0 Å². The highest BCUT2D eigenvalue weighted by atomic mass is 16.6. The number of ether oxygens (including phenoxy) is 3. The fourth-order valence-corrected chi connectivity index (χ4v) is 3.04. The minimum absolute atomic E-state index is 0.282. The summed E-state index contributed by atoms with van der Waals surface area (Å²) in [5, 5.41) is 0. The second kappa shape index (κ2) is 5.61. The minimum Gasteiger partial charge on any atom is -0.373 e. The van der Waals surface area contributed by atoms with E-state index in [2.05, 4.69) is 12.6 Å². The average molecular weight is 300 g/mol. The first kappa shape index (κ1) is 14.1. The summed E-state index contributed by atoms with van der Waals surface area (Å²) in [6.07, 6.45) is 4.49. The van der Waals surface area contributed by atoms with E-state index in [4.69, 9.17) is 14.2 Å². The molecule has 0 N–H and O–H groups in total. The van der Waals surface area contributed by atoms with Crippen LogP contribution in [0, 0.1) is 0 Å². The van der Waals surface area contributed by atoms with Gasteiger partial charge in [-0.3, -0.25) is 4.79 Å². The molecule has 116 valence electrons. The zero-order valence-electron chi connectivity index (χ0n) is 12.5. The van der Waals surface area contributed by atoms with E-state index in [1.54, 1.807) is 0 Å². The summed E-state index contributed by atoms with van der Waals surface area (Å²) in [6, 6.07) is 4.16. The largest absolute Gasteiger partial charge is 0.373 e. The van der Waals surface area contributed by atoms with Gasteiger partial charge < -0.3 is 14.2 Å². The van der Waals surface area contributed by atoms with Gasteiger partial charge in [-0.1, -0.05) is 18.7 Å². The first-order chi connectivity index (χ1) is 10.7. The van der Waals surface area contributed by atoms with E-state index in [0.29, 0.717) is 17.8 Å². The van der Waals surface area contributed by atoms with Gasteiger partial charge in [0.2, 0.25) is 0 Å². The van der Waals surface area contributed by atoms with Gasteiger partial charge in [-0.25, -0.2) is 0 Å². The molecule has 3 saturated heterocycles. The predicted octanol–water partition coefficient (Wildman–Crippen LogP) is 1.72. The van der Waals surface area contributed by atoms with Crippen LogP contribution in [-0.2, 0) is 38.3 Å². The fourth-order valence-electron chi connectivity index (χ4n) is 3.04. The molecule has 0 amide bonds. The van der Waals surface area contributed by atoms with Crippen molar-refractivity contribution >= 4 is 11.9 Å². The Kier molecular flexibility index (Phi) is 3.60. The molecule has 0 spiro atoms. The number of carbonyl (C=O) groups is 1. The van der Waals surface area contributed by atoms with Gasteiger partial charge in [0.05, 0.1) is 38.1 Å². The van der Waals surface area contributed by atoms with Gasteiger partial charge in [-0.2, -0.15) is 0 Å². The normalized spacial score (nSPS) is 28.3. The number of epoxide rings is 3. The van der Waals surface area contributed by atoms with Crippen molar-refractivity contribution in [2.24, 2.45) is 0 Å². The molecule has 4 rings (SSSR count). The highest BCUT2D eigenvalue weighted by molar-refractivity contribution is 6.06. The van der Waals surface area contributed by atoms with Gasteiger partial charge in [0, 0.05) is 24.8 Å². The molecule has 0 aliphatic carbocycles. The van der Waals surface area contributed by atoms with Crippen LogP contribution in [0.4, 0.5) is 0 Å². The predicted molar refractivity (Wildman–Crippen MR) is 81.9 cm³/mol. The first-order valence-corrected chi connectivity index (χ1v) is 7.87. The Morgan fingerprint density at radius 1 is 1.00 bits per heavy atom. The third kappa shape index (κ3) is 3.14. The van der Waals surface area contributed by atoms with Gasteiger partial charge in [-0.15, -0.1) is 0 Å². The van der Waals surface area contributed by atoms with E-state index >= 15 is 0 Å². The molecule has 0 radical (unpaired) electrons. The quantitative estimate of drug-likeness (QED) is 0.417. The third-order valence-corrected chi connectivity index (χ3v) is 4.53. The molecule has 1 aromatic rings. The van der Waals surface area contributed by atoms with Gasteiger partial charge in [0.15, 0.2) is 0 Å². The maximum absolute atomic E-state index is 11.2. The van der Waals surface area contributed by atoms with Crippen molar-refractivity contribution in [2.75, 3.05) is 19.8 Å². The lowest BCUT2D eigenvalue weighted by Crippen LogP contribution is -2.11. The second-order valence-electron chi connectivity index (χ2n) is 6.35. The molecule has 4 nitrogen and oxygen atoms in total. The molecular formula is C18H20O4. The van der Waals surface area contributed by atoms with Crippen molar-refractivity contribution in [1.29, 1.82) is 0 Å². The number of hydrogen-bond donors (Lipinski definition) is 0. The summed E-state index contributed by atoms with van der Waals surface area (Å²) in [4.78, 5) is 11.2. The standard InChI is InChI=1S/C18H20O4/c1-11(7-19)16-3-2-12(4-13-8-20-13)17(5-14-9-21-14)18(16)6-15-10-22-15/h2-3,7,13-15H,1,4-6,8-10H2. The molecule has 3 aliphatic rings. The number of allylic oxidation sites excluding steroid dienone is 1. The summed E-state index contributed by atoms with van der Waals surface area (Å²) in [6.45, 7) is 6.40. The first-order valence-electron chi connectivity index (χ1n) is 7.87. The second-order valence-corrected chi connectivity index (χ2v) is 6.35. The Labute approximate surface area is 130 Å². The lowest BCUT2D eigenvalue weighted by molar-refractivity contribution is -0.103. The molecule has 22 heavy (non-hydrogen) atoms. The van der Waals surface area contributed by atoms with Crippen LogP contribution in [0.2, 0.25) is 0 Å². The number of carbonyl (C=O) groups excluding carboxylic acids is 1. The fraction of sp³-hybridized carbons (Fsp3) is 0.500. The monoisotopic (exact) mass is 300 g/mol. The maximum Gasteiger partial charge on any atom is 0.150 e. The summed E-state index contributed by atoms with van der Waals surface area (Å²) in [5.41, 5.74) is 5.35. The molecule has 1 aromatic carbocycles. The van der Waals surface area contributed by atoms with E-state index < -0.39 is 0 Å². The number of aldehydes is 1. The molecule has 4 heteroatoms. The van der Waals surface area contributed by atoms with Gasteiger partial charge >= 0.3 is 0 Å². The van der Waals surface area contributed by atoms with Crippen LogP contribution in [-0.4, -0.2) is 44.4 Å². The molecular weight excluding hydrogens is 280 g/mol. The molecule has 3 fully saturated rings. The Morgan fingerprint density at radius 3 is 2.09 bits per heavy atom. The minimum atomic E-state index is 0.282. The summed E-state index contributed by atoms with van der Waals surface area (Å²) >= 11 is 0. The van der Waals surface area contributed by atoms with Crippen molar-refractivity contribution in [3.63, 3.8) is 0 Å². The van der Waals surface area contributed by atoms with E-state index in [1.165, 1.54) is 16.7 Å². The zero-order valence-corrected chi connectivity index (χ0v) is 12.5. The van der Waals surface area contributed by atoms with E-state index in [0.717, 1.165) is 50.9 Å².